The van der Waals surface area contributed by atoms with Gasteiger partial charge >= 0.3 is 0 Å². The van der Waals surface area contributed by atoms with Crippen LogP contribution in [0, 0.1) is 11.7 Å². The number of hydrogen-bond donors (Lipinski definition) is 2. The Balaban J connectivity index is 1.27. The van der Waals surface area contributed by atoms with Crippen LogP contribution >= 0.6 is 0 Å². The summed E-state index contributed by atoms with van der Waals surface area (Å²) in [5.74, 6) is -6.31. The van der Waals surface area contributed by atoms with Crippen LogP contribution in [0.25, 0.3) is 0 Å². The highest BCUT2D eigenvalue weighted by Gasteiger charge is 2.46. The fraction of sp³-hybridized carbons (Fsp3) is 0.464. The highest BCUT2D eigenvalue weighted by atomic mass is 19.1. The lowest BCUT2D eigenvalue weighted by molar-refractivity contribution is -0.136. The summed E-state index contributed by atoms with van der Waals surface area (Å²) in [6.07, 6.45) is 0.259. The topological polar surface area (TPSA) is 162 Å². The smallest absolute Gasteiger partial charge is 0.269 e. The first-order chi connectivity index (χ1) is 23.2. The molecule has 14 heteroatoms. The number of aromatic nitrogens is 2. The molecule has 2 aromatic rings. The third-order valence-corrected chi connectivity index (χ3v) is 7.64. The molecule has 3 fully saturated rings. The van der Waals surface area contributed by atoms with Crippen LogP contribution < -0.4 is 20.9 Å². The molecule has 4 aliphatic rings. The van der Waals surface area contributed by atoms with Crippen LogP contribution in [0.15, 0.2) is 24.3 Å². The number of piperazine rings is 1. The molecule has 3 saturated heterocycles. The maximum absolute atomic E-state index is 16.4. The molecular weight excluding hydrogens is 547 g/mol. The Hall–Kier alpha value is -4.46. The van der Waals surface area contributed by atoms with E-state index in [4.69, 9.17) is 16.7 Å². The van der Waals surface area contributed by atoms with Crippen molar-refractivity contribution in [3.05, 3.63) is 46.9 Å². The Morgan fingerprint density at radius 2 is 1.71 bits per heavy atom. The number of carbonyl (C=O) groups is 5. The number of nitrogens with zero attached hydrogens (tertiary/aromatic N) is 6. The average Bonchev–Trinajstić information content (AvgIpc) is 3.29. The largest absolute Gasteiger partial charge is 0.367 e. The van der Waals surface area contributed by atoms with Gasteiger partial charge in [0.25, 0.3) is 17.7 Å². The van der Waals surface area contributed by atoms with Crippen molar-refractivity contribution in [2.24, 2.45) is 11.7 Å². The van der Waals surface area contributed by atoms with Gasteiger partial charge in [0.1, 0.15) is 6.04 Å². The van der Waals surface area contributed by atoms with E-state index in [-0.39, 0.29) is 23.4 Å². The molecule has 5 amide bonds. The lowest BCUT2D eigenvalue weighted by Crippen LogP contribution is -2.54. The summed E-state index contributed by atoms with van der Waals surface area (Å²) in [4.78, 5) is 64.7. The van der Waals surface area contributed by atoms with Crippen LogP contribution in [0.5, 0.6) is 0 Å². The van der Waals surface area contributed by atoms with E-state index < -0.39 is 96.7 Å². The minimum atomic E-state index is -3.47. The SMILES string of the molecule is [2H]C1([2H])N(CC2CCN(c3ccc(C(N)=O)nn3)CC2)C([2H])([2H])C([2H])([2H])N(c2ccc3c(c2F)C(=O)N(C2CCC(=O)NC2=O)C3=O)C1([2H])[2H]. The fourth-order valence-electron chi connectivity index (χ4n) is 5.40. The number of amides is 5. The second-order valence-electron chi connectivity index (χ2n) is 10.2. The van der Waals surface area contributed by atoms with Gasteiger partial charge in [0.15, 0.2) is 17.3 Å². The number of rotatable bonds is 6. The second-order valence-corrected chi connectivity index (χ2v) is 10.2. The van der Waals surface area contributed by atoms with E-state index in [0.29, 0.717) is 41.5 Å². The normalized spacial score (nSPS) is 29.6. The maximum atomic E-state index is 16.4. The Bertz CT molecular complexity index is 1780. The first-order valence-corrected chi connectivity index (χ1v) is 13.2. The molecule has 5 heterocycles. The van der Waals surface area contributed by atoms with Crippen molar-refractivity contribution < 1.29 is 39.3 Å². The number of halogens is 1. The molecule has 1 atom stereocenters. The van der Waals surface area contributed by atoms with Crippen molar-refractivity contribution in [3.63, 3.8) is 0 Å². The van der Waals surface area contributed by atoms with Gasteiger partial charge in [-0.3, -0.25) is 39.1 Å². The molecule has 3 N–H and O–H groups in total. The third kappa shape index (κ3) is 5.06. The molecule has 0 spiro atoms. The molecule has 13 nitrogen and oxygen atoms in total. The van der Waals surface area contributed by atoms with Gasteiger partial charge < -0.3 is 15.5 Å². The van der Waals surface area contributed by atoms with Gasteiger partial charge in [-0.05, 0) is 49.4 Å². The minimum absolute atomic E-state index is 0.0183. The first kappa shape index (κ1) is 19.6. The van der Waals surface area contributed by atoms with Crippen LogP contribution in [0.1, 0.15) is 67.9 Å². The molecule has 4 aliphatic heterocycles. The number of imide groups is 2. The summed E-state index contributed by atoms with van der Waals surface area (Å²) in [5.41, 5.74) is 2.72. The summed E-state index contributed by atoms with van der Waals surface area (Å²) in [6, 6.07) is 3.19. The van der Waals surface area contributed by atoms with Gasteiger partial charge in [0, 0.05) is 57.5 Å². The number of fused-ring (bicyclic) bond motifs is 1. The van der Waals surface area contributed by atoms with Crippen LogP contribution in [0.4, 0.5) is 15.9 Å². The van der Waals surface area contributed by atoms with E-state index in [1.807, 2.05) is 10.2 Å². The van der Waals surface area contributed by atoms with Crippen molar-refractivity contribution in [2.75, 3.05) is 55.4 Å². The molecule has 1 aromatic heterocycles. The summed E-state index contributed by atoms with van der Waals surface area (Å²) >= 11 is 0. The molecule has 6 rings (SSSR count). The first-order valence-electron chi connectivity index (χ1n) is 17.2. The lowest BCUT2D eigenvalue weighted by atomic mass is 9.96. The molecule has 220 valence electrons. The number of piperidine rings is 2. The maximum Gasteiger partial charge on any atom is 0.269 e. The Labute approximate surface area is 252 Å². The van der Waals surface area contributed by atoms with Crippen molar-refractivity contribution in [3.8, 4) is 0 Å². The van der Waals surface area contributed by atoms with Crippen molar-refractivity contribution in [2.45, 2.75) is 31.7 Å². The Kier molecular flexibility index (Phi) is 5.18. The van der Waals surface area contributed by atoms with Crippen LogP contribution in [-0.4, -0.2) is 101 Å². The number of carbonyl (C=O) groups excluding carboxylic acids is 5. The van der Waals surface area contributed by atoms with E-state index in [0.717, 1.165) is 12.1 Å². The van der Waals surface area contributed by atoms with Crippen molar-refractivity contribution in [1.82, 2.24) is 25.3 Å². The molecule has 0 saturated carbocycles. The average molecular weight is 587 g/mol. The molecule has 0 bridgehead atoms. The van der Waals surface area contributed by atoms with E-state index >= 15 is 4.39 Å². The van der Waals surface area contributed by atoms with Gasteiger partial charge in [-0.15, -0.1) is 10.2 Å². The highest BCUT2D eigenvalue weighted by molar-refractivity contribution is 6.24. The number of nitrogens with two attached hydrogens (primary N) is 1. The zero-order chi connectivity index (χ0) is 36.7. The summed E-state index contributed by atoms with van der Waals surface area (Å²) in [5, 5.41) is 9.78. The Morgan fingerprint density at radius 1 is 0.976 bits per heavy atom. The molecule has 0 radical (unpaired) electrons. The summed E-state index contributed by atoms with van der Waals surface area (Å²) in [7, 11) is 0. The van der Waals surface area contributed by atoms with Crippen LogP contribution in [0.2, 0.25) is 0 Å². The molecule has 42 heavy (non-hydrogen) atoms. The van der Waals surface area contributed by atoms with Gasteiger partial charge in [-0.25, -0.2) is 4.39 Å². The molecular formula is C28H31FN8O5. The van der Waals surface area contributed by atoms with E-state index in [1.54, 1.807) is 6.07 Å². The highest BCUT2D eigenvalue weighted by Crippen LogP contribution is 2.34. The van der Waals surface area contributed by atoms with Crippen LogP contribution in [-0.2, 0) is 9.59 Å². The number of nitrogens with one attached hydrogen (secondary N) is 1. The number of benzene rings is 1. The molecule has 1 aromatic carbocycles. The third-order valence-electron chi connectivity index (χ3n) is 7.64. The van der Waals surface area contributed by atoms with Gasteiger partial charge in [0.2, 0.25) is 11.8 Å². The summed E-state index contributed by atoms with van der Waals surface area (Å²) < 4.78 is 86.9. The predicted molar refractivity (Wildman–Crippen MR) is 147 cm³/mol. The predicted octanol–water partition coefficient (Wildman–Crippen LogP) is 0.154. The van der Waals surface area contributed by atoms with Gasteiger partial charge in [-0.1, -0.05) is 0 Å². The minimum Gasteiger partial charge on any atom is -0.367 e. The zero-order valence-corrected chi connectivity index (χ0v) is 22.1. The Morgan fingerprint density at radius 3 is 2.36 bits per heavy atom. The van der Waals surface area contributed by atoms with Gasteiger partial charge in [0.05, 0.1) is 22.3 Å². The van der Waals surface area contributed by atoms with E-state index in [1.165, 1.54) is 6.07 Å². The van der Waals surface area contributed by atoms with Crippen molar-refractivity contribution >= 4 is 41.0 Å². The zero-order valence-electron chi connectivity index (χ0n) is 30.1. The van der Waals surface area contributed by atoms with Gasteiger partial charge in [-0.2, -0.15) is 0 Å². The monoisotopic (exact) mass is 586 g/mol. The number of anilines is 2. The number of hydrogen-bond acceptors (Lipinski definition) is 10. The van der Waals surface area contributed by atoms with E-state index in [2.05, 4.69) is 10.2 Å². The fourth-order valence-corrected chi connectivity index (χ4v) is 5.40. The second kappa shape index (κ2) is 11.1. The summed E-state index contributed by atoms with van der Waals surface area (Å²) in [6.45, 7) is -13.2. The molecule has 1 unspecified atom stereocenters. The quantitative estimate of drug-likeness (QED) is 0.446. The molecule has 0 aliphatic carbocycles. The number of primary amides is 1. The lowest BCUT2D eigenvalue weighted by Gasteiger charge is -2.39. The van der Waals surface area contributed by atoms with E-state index in [9.17, 15) is 24.0 Å². The standard InChI is InChI=1S/C28H31FN8O5/c29-24-19(3-1-17-23(24)28(42)37(27(17)41)20-4-6-22(38)31-26(20)40)35-13-11-34(12-14-35)15-16-7-9-36(10-8-16)21-5-2-18(25(30)39)32-33-21/h1-3,5,16,20H,4,6-15H2,(H2,30,39)(H,31,38,40)/i11D2,12D2,13D2,14D2. The van der Waals surface area contributed by atoms with Crippen molar-refractivity contribution in [1.29, 1.82) is 0 Å². The van der Waals surface area contributed by atoms with Crippen LogP contribution in [0.3, 0.4) is 0 Å².